The van der Waals surface area contributed by atoms with Gasteiger partial charge >= 0.3 is 0 Å². The van der Waals surface area contributed by atoms with E-state index in [1.807, 2.05) is 31.2 Å². The van der Waals surface area contributed by atoms with Crippen LogP contribution in [0.1, 0.15) is 26.7 Å². The van der Waals surface area contributed by atoms with Gasteiger partial charge in [0, 0.05) is 18.5 Å². The van der Waals surface area contributed by atoms with Gasteiger partial charge in [0.05, 0.1) is 11.6 Å². The zero-order valence-electron chi connectivity index (χ0n) is 12.1. The number of fused-ring (bicyclic) bond motifs is 1. The highest BCUT2D eigenvalue weighted by molar-refractivity contribution is 5.90. The van der Waals surface area contributed by atoms with Gasteiger partial charge in [0.2, 0.25) is 5.95 Å². The summed E-state index contributed by atoms with van der Waals surface area (Å²) in [4.78, 5) is 9.00. The zero-order chi connectivity index (χ0) is 14.4. The molecule has 1 aromatic carbocycles. The maximum Gasteiger partial charge on any atom is 0.225 e. The second-order valence-electron chi connectivity index (χ2n) is 4.78. The van der Waals surface area contributed by atoms with Crippen LogP contribution in [0.25, 0.3) is 10.9 Å². The Morgan fingerprint density at radius 2 is 1.95 bits per heavy atom. The molecule has 0 fully saturated rings. The molecule has 5 nitrogen and oxygen atoms in total. The molecule has 0 radical (unpaired) electrons. The lowest BCUT2D eigenvalue weighted by molar-refractivity contribution is 0.183. The summed E-state index contributed by atoms with van der Waals surface area (Å²) in [6.07, 6.45) is 1.38. The third-order valence-corrected chi connectivity index (χ3v) is 3.11. The number of anilines is 2. The van der Waals surface area contributed by atoms with E-state index in [0.29, 0.717) is 12.5 Å². The Morgan fingerprint density at radius 3 is 2.70 bits per heavy atom. The van der Waals surface area contributed by atoms with Crippen molar-refractivity contribution < 1.29 is 5.11 Å². The standard InChI is InChI=1S/C15H22N4O/c1-3-9-16-15-18-13-8-6-5-7-12(13)14(19-15)17-10-11(20)4-2/h5-8,11,20H,3-4,9-10H2,1-2H3,(H2,16,17,18,19). The molecule has 0 aliphatic carbocycles. The van der Waals surface area contributed by atoms with Gasteiger partial charge < -0.3 is 15.7 Å². The van der Waals surface area contributed by atoms with E-state index in [1.165, 1.54) is 0 Å². The van der Waals surface area contributed by atoms with E-state index in [0.717, 1.165) is 36.1 Å². The van der Waals surface area contributed by atoms with Crippen LogP contribution in [0.5, 0.6) is 0 Å². The van der Waals surface area contributed by atoms with Crippen LogP contribution in [0.4, 0.5) is 11.8 Å². The van der Waals surface area contributed by atoms with Gasteiger partial charge in [0.15, 0.2) is 0 Å². The molecule has 0 spiro atoms. The lowest BCUT2D eigenvalue weighted by Crippen LogP contribution is -2.19. The Bertz CT molecular complexity index is 559. The number of aliphatic hydroxyl groups excluding tert-OH is 1. The van der Waals surface area contributed by atoms with Crippen molar-refractivity contribution in [2.75, 3.05) is 23.7 Å². The maximum absolute atomic E-state index is 9.68. The Morgan fingerprint density at radius 1 is 1.15 bits per heavy atom. The molecule has 0 aliphatic rings. The molecule has 2 aromatic rings. The molecule has 1 aromatic heterocycles. The summed E-state index contributed by atoms with van der Waals surface area (Å²) in [7, 11) is 0. The van der Waals surface area contributed by atoms with Gasteiger partial charge in [-0.3, -0.25) is 0 Å². The predicted octanol–water partition coefficient (Wildman–Crippen LogP) is 2.63. The molecule has 5 heteroatoms. The van der Waals surface area contributed by atoms with Crippen LogP contribution in [0, 0.1) is 0 Å². The van der Waals surface area contributed by atoms with Crippen LogP contribution >= 0.6 is 0 Å². The van der Waals surface area contributed by atoms with Gasteiger partial charge in [0.1, 0.15) is 5.82 Å². The van der Waals surface area contributed by atoms with Crippen molar-refractivity contribution in [1.29, 1.82) is 0 Å². The highest BCUT2D eigenvalue weighted by Gasteiger charge is 2.08. The van der Waals surface area contributed by atoms with E-state index < -0.39 is 0 Å². The number of para-hydroxylation sites is 1. The first kappa shape index (κ1) is 14.5. The van der Waals surface area contributed by atoms with Crippen LogP contribution in [0.3, 0.4) is 0 Å². The highest BCUT2D eigenvalue weighted by atomic mass is 16.3. The van der Waals surface area contributed by atoms with Crippen LogP contribution in [-0.4, -0.2) is 34.3 Å². The first-order valence-electron chi connectivity index (χ1n) is 7.17. The van der Waals surface area contributed by atoms with Gasteiger partial charge in [-0.25, -0.2) is 4.98 Å². The number of aromatic nitrogens is 2. The molecule has 1 unspecified atom stereocenters. The number of aliphatic hydroxyl groups is 1. The molecular formula is C15H22N4O. The average molecular weight is 274 g/mol. The van der Waals surface area contributed by atoms with Gasteiger partial charge in [-0.2, -0.15) is 4.98 Å². The van der Waals surface area contributed by atoms with Crippen molar-refractivity contribution >= 4 is 22.7 Å². The van der Waals surface area contributed by atoms with Gasteiger partial charge in [-0.1, -0.05) is 26.0 Å². The first-order chi connectivity index (χ1) is 9.74. The summed E-state index contributed by atoms with van der Waals surface area (Å²) >= 11 is 0. The highest BCUT2D eigenvalue weighted by Crippen LogP contribution is 2.21. The van der Waals surface area contributed by atoms with E-state index >= 15 is 0 Å². The molecule has 2 rings (SSSR count). The molecule has 3 N–H and O–H groups in total. The average Bonchev–Trinajstić information content (AvgIpc) is 2.50. The minimum atomic E-state index is -0.365. The van der Waals surface area contributed by atoms with Gasteiger partial charge in [-0.15, -0.1) is 0 Å². The Kier molecular flexibility index (Phi) is 5.12. The van der Waals surface area contributed by atoms with E-state index in [9.17, 15) is 5.11 Å². The molecule has 0 bridgehead atoms. The number of hydrogen-bond donors (Lipinski definition) is 3. The molecule has 1 heterocycles. The summed E-state index contributed by atoms with van der Waals surface area (Å²) in [5.74, 6) is 1.39. The summed E-state index contributed by atoms with van der Waals surface area (Å²) in [5, 5.41) is 17.1. The van der Waals surface area contributed by atoms with Gasteiger partial charge in [0.25, 0.3) is 0 Å². The number of rotatable bonds is 7. The van der Waals surface area contributed by atoms with Crippen molar-refractivity contribution in [2.24, 2.45) is 0 Å². The predicted molar refractivity (Wildman–Crippen MR) is 83.1 cm³/mol. The lowest BCUT2D eigenvalue weighted by atomic mass is 10.2. The summed E-state index contributed by atoms with van der Waals surface area (Å²) in [6.45, 7) is 5.39. The Labute approximate surface area is 119 Å². The minimum Gasteiger partial charge on any atom is -0.391 e. The molecule has 108 valence electrons. The summed E-state index contributed by atoms with van der Waals surface area (Å²) < 4.78 is 0. The number of hydrogen-bond acceptors (Lipinski definition) is 5. The fraction of sp³-hybridized carbons (Fsp3) is 0.467. The molecule has 20 heavy (non-hydrogen) atoms. The fourth-order valence-corrected chi connectivity index (χ4v) is 1.89. The number of nitrogens with zero attached hydrogens (tertiary/aromatic N) is 2. The minimum absolute atomic E-state index is 0.365. The first-order valence-corrected chi connectivity index (χ1v) is 7.17. The summed E-state index contributed by atoms with van der Waals surface area (Å²) in [6, 6.07) is 7.88. The Hall–Kier alpha value is -1.88. The van der Waals surface area contributed by atoms with E-state index in [2.05, 4.69) is 27.5 Å². The van der Waals surface area contributed by atoms with Crippen LogP contribution in [0.15, 0.2) is 24.3 Å². The zero-order valence-corrected chi connectivity index (χ0v) is 12.1. The smallest absolute Gasteiger partial charge is 0.225 e. The molecule has 0 amide bonds. The molecular weight excluding hydrogens is 252 g/mol. The van der Waals surface area contributed by atoms with E-state index in [4.69, 9.17) is 0 Å². The fourth-order valence-electron chi connectivity index (χ4n) is 1.89. The largest absolute Gasteiger partial charge is 0.391 e. The third kappa shape index (κ3) is 3.57. The molecule has 0 aliphatic heterocycles. The summed E-state index contributed by atoms with van der Waals surface area (Å²) in [5.41, 5.74) is 0.898. The lowest BCUT2D eigenvalue weighted by Gasteiger charge is -2.13. The second kappa shape index (κ2) is 7.05. The SMILES string of the molecule is CCCNc1nc(NCC(O)CC)c2ccccc2n1. The molecule has 1 atom stereocenters. The van der Waals surface area contributed by atoms with Crippen LogP contribution in [0.2, 0.25) is 0 Å². The Balaban J connectivity index is 2.28. The number of benzene rings is 1. The van der Waals surface area contributed by atoms with Crippen molar-refractivity contribution in [2.45, 2.75) is 32.8 Å². The maximum atomic E-state index is 9.68. The normalized spacial score (nSPS) is 12.3. The van der Waals surface area contributed by atoms with Crippen molar-refractivity contribution in [3.8, 4) is 0 Å². The molecule has 0 saturated heterocycles. The van der Waals surface area contributed by atoms with Crippen molar-refractivity contribution in [1.82, 2.24) is 9.97 Å². The van der Waals surface area contributed by atoms with Gasteiger partial charge in [-0.05, 0) is 25.0 Å². The van der Waals surface area contributed by atoms with Crippen molar-refractivity contribution in [3.05, 3.63) is 24.3 Å². The van der Waals surface area contributed by atoms with Crippen LogP contribution < -0.4 is 10.6 Å². The van der Waals surface area contributed by atoms with E-state index in [-0.39, 0.29) is 6.10 Å². The molecule has 0 saturated carbocycles. The van der Waals surface area contributed by atoms with Crippen LogP contribution in [-0.2, 0) is 0 Å². The monoisotopic (exact) mass is 274 g/mol. The second-order valence-corrected chi connectivity index (χ2v) is 4.78. The topological polar surface area (TPSA) is 70.1 Å². The quantitative estimate of drug-likeness (QED) is 0.724. The van der Waals surface area contributed by atoms with E-state index in [1.54, 1.807) is 0 Å². The third-order valence-electron chi connectivity index (χ3n) is 3.11. The van der Waals surface area contributed by atoms with Crippen molar-refractivity contribution in [3.63, 3.8) is 0 Å². The number of nitrogens with one attached hydrogen (secondary N) is 2.